The lowest BCUT2D eigenvalue weighted by molar-refractivity contribution is -0.388. The molecule has 0 atom stereocenters. The van der Waals surface area contributed by atoms with Crippen LogP contribution in [-0.2, 0) is 14.8 Å². The molecule has 20 heavy (non-hydrogen) atoms. The van der Waals surface area contributed by atoms with E-state index in [1.807, 2.05) is 0 Å². The molecular weight excluding hydrogens is 288 g/mol. The van der Waals surface area contributed by atoms with Crippen LogP contribution in [0.25, 0.3) is 0 Å². The quantitative estimate of drug-likeness (QED) is 0.638. The largest absolute Gasteiger partial charge is 0.480 e. The normalized spacial score (nSPS) is 11.6. The summed E-state index contributed by atoms with van der Waals surface area (Å²) in [7, 11) is -3.19. The van der Waals surface area contributed by atoms with Crippen molar-refractivity contribution in [1.29, 1.82) is 0 Å². The van der Waals surface area contributed by atoms with Crippen molar-refractivity contribution in [2.24, 2.45) is 0 Å². The van der Waals surface area contributed by atoms with E-state index >= 15 is 0 Å². The first-order chi connectivity index (χ1) is 9.09. The molecule has 1 aromatic rings. The number of likely N-dealkylation sites (N-methyl/N-ethyl adjacent to an activating group) is 1. The predicted molar refractivity (Wildman–Crippen MR) is 70.0 cm³/mol. The lowest BCUT2D eigenvalue weighted by Crippen LogP contribution is -2.33. The third kappa shape index (κ3) is 2.94. The van der Waals surface area contributed by atoms with E-state index in [-0.39, 0.29) is 11.1 Å². The van der Waals surface area contributed by atoms with Crippen LogP contribution < -0.4 is 0 Å². The SMILES string of the molecule is Cc1ccc(C)c(S(=O)(=O)N(C)CC(=O)O)c1[N+](=O)[O-]. The second-order valence-corrected chi connectivity index (χ2v) is 6.27. The summed E-state index contributed by atoms with van der Waals surface area (Å²) in [6.07, 6.45) is 0. The number of nitrogens with zero attached hydrogens (tertiary/aromatic N) is 2. The summed E-state index contributed by atoms with van der Waals surface area (Å²) in [5.74, 6) is -1.34. The maximum absolute atomic E-state index is 12.3. The number of carboxylic acids is 1. The zero-order valence-electron chi connectivity index (χ0n) is 11.2. The number of nitro benzene ring substituents is 1. The molecule has 1 N–H and O–H groups in total. The molecule has 8 nitrogen and oxygen atoms in total. The lowest BCUT2D eigenvalue weighted by atomic mass is 10.1. The molecular formula is C11H14N2O6S. The third-order valence-electron chi connectivity index (χ3n) is 2.74. The highest BCUT2D eigenvalue weighted by Gasteiger charge is 2.33. The Labute approximate surface area is 115 Å². The van der Waals surface area contributed by atoms with Gasteiger partial charge in [0.25, 0.3) is 5.69 Å². The van der Waals surface area contributed by atoms with Crippen LogP contribution in [0.15, 0.2) is 17.0 Å². The van der Waals surface area contributed by atoms with Gasteiger partial charge in [-0.2, -0.15) is 4.31 Å². The van der Waals surface area contributed by atoms with Crippen LogP contribution in [0.5, 0.6) is 0 Å². The Bertz CT molecular complexity index is 668. The number of nitro groups is 1. The first-order valence-electron chi connectivity index (χ1n) is 5.51. The van der Waals surface area contributed by atoms with Crippen molar-refractivity contribution in [1.82, 2.24) is 4.31 Å². The molecule has 0 aliphatic carbocycles. The van der Waals surface area contributed by atoms with Gasteiger partial charge in [0.2, 0.25) is 10.0 Å². The van der Waals surface area contributed by atoms with E-state index in [2.05, 4.69) is 0 Å². The monoisotopic (exact) mass is 302 g/mol. The minimum Gasteiger partial charge on any atom is -0.480 e. The number of sulfonamides is 1. The van der Waals surface area contributed by atoms with Gasteiger partial charge < -0.3 is 5.11 Å². The smallest absolute Gasteiger partial charge is 0.318 e. The fourth-order valence-electron chi connectivity index (χ4n) is 1.75. The van der Waals surface area contributed by atoms with Crippen molar-refractivity contribution in [3.63, 3.8) is 0 Å². The fourth-order valence-corrected chi connectivity index (χ4v) is 3.30. The zero-order chi connectivity index (χ0) is 15.7. The number of hydrogen-bond acceptors (Lipinski definition) is 5. The Morgan fingerprint density at radius 3 is 2.30 bits per heavy atom. The second kappa shape index (κ2) is 5.55. The molecule has 0 aliphatic heterocycles. The number of hydrogen-bond donors (Lipinski definition) is 1. The van der Waals surface area contributed by atoms with Crippen LogP contribution in [0, 0.1) is 24.0 Å². The van der Waals surface area contributed by atoms with Crippen LogP contribution in [0.3, 0.4) is 0 Å². The first kappa shape index (κ1) is 16.1. The summed E-state index contributed by atoms with van der Waals surface area (Å²) in [5.41, 5.74) is -0.135. The maximum atomic E-state index is 12.3. The number of rotatable bonds is 5. The molecule has 0 bridgehead atoms. The molecule has 0 heterocycles. The van der Waals surface area contributed by atoms with Crippen LogP contribution >= 0.6 is 0 Å². The number of carboxylic acid groups (broad SMARTS) is 1. The van der Waals surface area contributed by atoms with Crippen molar-refractivity contribution in [3.8, 4) is 0 Å². The predicted octanol–water partition coefficient (Wildman–Crippen LogP) is 0.917. The third-order valence-corrected chi connectivity index (χ3v) is 4.72. The molecule has 0 amide bonds. The summed E-state index contributed by atoms with van der Waals surface area (Å²) < 4.78 is 25.2. The van der Waals surface area contributed by atoms with Gasteiger partial charge in [-0.15, -0.1) is 0 Å². The average Bonchev–Trinajstić information content (AvgIpc) is 2.30. The molecule has 1 aromatic carbocycles. The number of aliphatic carboxylic acids is 1. The summed E-state index contributed by atoms with van der Waals surface area (Å²) in [4.78, 5) is 20.5. The van der Waals surface area contributed by atoms with Crippen molar-refractivity contribution < 1.29 is 23.2 Å². The fraction of sp³-hybridized carbons (Fsp3) is 0.364. The summed E-state index contributed by atoms with van der Waals surface area (Å²) in [6.45, 7) is 2.08. The Balaban J connectivity index is 3.57. The molecule has 0 saturated heterocycles. The Kier molecular flexibility index (Phi) is 4.46. The van der Waals surface area contributed by atoms with Gasteiger partial charge in [-0.25, -0.2) is 8.42 Å². The first-order valence-corrected chi connectivity index (χ1v) is 6.95. The van der Waals surface area contributed by atoms with E-state index in [0.717, 1.165) is 7.05 Å². The lowest BCUT2D eigenvalue weighted by Gasteiger charge is -2.17. The minimum atomic E-state index is -4.25. The van der Waals surface area contributed by atoms with Gasteiger partial charge in [0.1, 0.15) is 6.54 Å². The molecule has 110 valence electrons. The topological polar surface area (TPSA) is 118 Å². The van der Waals surface area contributed by atoms with E-state index in [1.165, 1.54) is 26.0 Å². The molecule has 0 spiro atoms. The van der Waals surface area contributed by atoms with Crippen molar-refractivity contribution in [3.05, 3.63) is 33.4 Å². The second-order valence-electron chi connectivity index (χ2n) is 4.29. The number of aryl methyl sites for hydroxylation is 2. The van der Waals surface area contributed by atoms with Crippen LogP contribution in [-0.4, -0.2) is 42.3 Å². The van der Waals surface area contributed by atoms with E-state index in [1.54, 1.807) is 0 Å². The Hall–Kier alpha value is -2.00. The van der Waals surface area contributed by atoms with Gasteiger partial charge in [0.05, 0.1) is 4.92 Å². The highest BCUT2D eigenvalue weighted by molar-refractivity contribution is 7.89. The molecule has 0 aliphatic rings. The van der Waals surface area contributed by atoms with Crippen LogP contribution in [0.4, 0.5) is 5.69 Å². The van der Waals surface area contributed by atoms with Crippen LogP contribution in [0.2, 0.25) is 0 Å². The molecule has 0 aromatic heterocycles. The van der Waals surface area contributed by atoms with Gasteiger partial charge in [-0.3, -0.25) is 14.9 Å². The number of benzene rings is 1. The number of carbonyl (C=O) groups is 1. The Morgan fingerprint density at radius 1 is 1.35 bits per heavy atom. The highest BCUT2D eigenvalue weighted by Crippen LogP contribution is 2.32. The van der Waals surface area contributed by atoms with Gasteiger partial charge >= 0.3 is 5.97 Å². The Morgan fingerprint density at radius 2 is 1.85 bits per heavy atom. The molecule has 0 fully saturated rings. The van der Waals surface area contributed by atoms with Crippen molar-refractivity contribution in [2.45, 2.75) is 18.7 Å². The van der Waals surface area contributed by atoms with E-state index < -0.39 is 38.0 Å². The summed E-state index contributed by atoms with van der Waals surface area (Å²) >= 11 is 0. The molecule has 0 saturated carbocycles. The molecule has 0 radical (unpaired) electrons. The zero-order valence-corrected chi connectivity index (χ0v) is 12.0. The molecule has 0 unspecified atom stereocenters. The summed E-state index contributed by atoms with van der Waals surface area (Å²) in [5, 5.41) is 19.7. The summed E-state index contributed by atoms with van der Waals surface area (Å²) in [6, 6.07) is 2.90. The van der Waals surface area contributed by atoms with Gasteiger partial charge in [0.15, 0.2) is 4.90 Å². The molecule has 1 rings (SSSR count). The van der Waals surface area contributed by atoms with Gasteiger partial charge in [0, 0.05) is 12.6 Å². The van der Waals surface area contributed by atoms with Gasteiger partial charge in [-0.05, 0) is 19.4 Å². The van der Waals surface area contributed by atoms with E-state index in [9.17, 15) is 23.3 Å². The molecule has 9 heteroatoms. The van der Waals surface area contributed by atoms with Crippen LogP contribution in [0.1, 0.15) is 11.1 Å². The van der Waals surface area contributed by atoms with Crippen molar-refractivity contribution in [2.75, 3.05) is 13.6 Å². The standard InChI is InChI=1S/C11H14N2O6S/c1-7-4-5-8(2)11(10(7)13(16)17)20(18,19)12(3)6-9(14)15/h4-5H,6H2,1-3H3,(H,14,15). The highest BCUT2D eigenvalue weighted by atomic mass is 32.2. The van der Waals surface area contributed by atoms with E-state index in [0.29, 0.717) is 4.31 Å². The van der Waals surface area contributed by atoms with E-state index in [4.69, 9.17) is 5.11 Å². The maximum Gasteiger partial charge on any atom is 0.318 e. The minimum absolute atomic E-state index is 0.194. The van der Waals surface area contributed by atoms with Crippen molar-refractivity contribution >= 4 is 21.7 Å². The van der Waals surface area contributed by atoms with Gasteiger partial charge in [-0.1, -0.05) is 12.1 Å². The average molecular weight is 302 g/mol.